The third-order valence-corrected chi connectivity index (χ3v) is 13.7. The Morgan fingerprint density at radius 2 is 0.763 bits per heavy atom. The van der Waals surface area contributed by atoms with Crippen LogP contribution in [0.25, 0.3) is 55.3 Å². The van der Waals surface area contributed by atoms with Gasteiger partial charge in [0.15, 0.2) is 0 Å². The summed E-state index contributed by atoms with van der Waals surface area (Å²) in [5, 5.41) is 2.54. The Balaban J connectivity index is 1.31. The zero-order chi connectivity index (χ0) is 40.0. The molecule has 2 aliphatic rings. The van der Waals surface area contributed by atoms with Crippen molar-refractivity contribution in [1.29, 1.82) is 0 Å². The zero-order valence-corrected chi connectivity index (χ0v) is 34.4. The molecular formula is C59H46. The van der Waals surface area contributed by atoms with E-state index in [1.165, 1.54) is 116 Å². The summed E-state index contributed by atoms with van der Waals surface area (Å²) in [6.07, 6.45) is 0. The summed E-state index contributed by atoms with van der Waals surface area (Å²) in [6, 6.07) is 72.2. The zero-order valence-electron chi connectivity index (χ0n) is 34.4. The molecule has 9 aromatic rings. The second kappa shape index (κ2) is 13.1. The summed E-state index contributed by atoms with van der Waals surface area (Å²) in [5.41, 5.74) is 23.5. The minimum Gasteiger partial charge on any atom is -0.0619 e. The standard InChI is InChI=1S/C59H46/c1-37-14-22-41(23-15-37)45-26-31-49-51-32-43-10-6-7-11-44(43)33-54(51)58(5,53(49)34-45)55-35-46(42-24-16-38(2)17-25-42)36-56-57(55)50-12-8-9-13-52(50)59(56,47-27-18-39(3)19-28-47)48-29-20-40(4)21-30-48/h6-36H,1-5H3. The molecule has 59 heavy (non-hydrogen) atoms. The quantitative estimate of drug-likeness (QED) is 0.164. The van der Waals surface area contributed by atoms with Crippen molar-refractivity contribution in [3.8, 4) is 44.5 Å². The molecule has 0 radical (unpaired) electrons. The fourth-order valence-corrected chi connectivity index (χ4v) is 10.5. The summed E-state index contributed by atoms with van der Waals surface area (Å²) in [6.45, 7) is 11.2. The SMILES string of the molecule is Cc1ccc(-c2ccc3c(c2)C(C)(c2cc(-c4ccc(C)cc4)cc4c2-c2ccccc2C4(c2ccc(C)cc2)c2ccc(C)cc2)c2cc4ccccc4cc2-3)cc1. The van der Waals surface area contributed by atoms with Gasteiger partial charge in [0.05, 0.1) is 5.41 Å². The molecule has 0 nitrogen and oxygen atoms in total. The van der Waals surface area contributed by atoms with E-state index in [-0.39, 0.29) is 0 Å². The van der Waals surface area contributed by atoms with Crippen molar-refractivity contribution in [2.24, 2.45) is 0 Å². The van der Waals surface area contributed by atoms with Gasteiger partial charge in [0, 0.05) is 5.41 Å². The van der Waals surface area contributed by atoms with E-state index in [9.17, 15) is 0 Å². The Morgan fingerprint density at radius 3 is 1.37 bits per heavy atom. The van der Waals surface area contributed by atoms with Crippen LogP contribution < -0.4 is 0 Å². The topological polar surface area (TPSA) is 0 Å². The largest absolute Gasteiger partial charge is 0.0713 e. The molecule has 0 saturated heterocycles. The normalized spacial score (nSPS) is 15.7. The number of rotatable bonds is 5. The molecule has 0 aromatic heterocycles. The highest BCUT2D eigenvalue weighted by Crippen LogP contribution is 2.63. The average molecular weight is 755 g/mol. The molecule has 1 unspecified atom stereocenters. The first-order chi connectivity index (χ1) is 28.7. The molecular weight excluding hydrogens is 709 g/mol. The monoisotopic (exact) mass is 754 g/mol. The summed E-state index contributed by atoms with van der Waals surface area (Å²) in [7, 11) is 0. The lowest BCUT2D eigenvalue weighted by Crippen LogP contribution is -2.29. The lowest BCUT2D eigenvalue weighted by atomic mass is 9.65. The Labute approximate surface area is 348 Å². The van der Waals surface area contributed by atoms with E-state index in [1.807, 2.05) is 0 Å². The second-order valence-electron chi connectivity index (χ2n) is 17.3. The Bertz CT molecular complexity index is 3060. The van der Waals surface area contributed by atoms with Crippen molar-refractivity contribution < 1.29 is 0 Å². The molecule has 0 spiro atoms. The first kappa shape index (κ1) is 35.4. The molecule has 0 N–H and O–H groups in total. The second-order valence-corrected chi connectivity index (χ2v) is 17.3. The maximum absolute atomic E-state index is 2.55. The lowest BCUT2D eigenvalue weighted by Gasteiger charge is -2.36. The molecule has 1 atom stereocenters. The van der Waals surface area contributed by atoms with Gasteiger partial charge in [-0.1, -0.05) is 180 Å². The molecule has 0 heteroatoms. The van der Waals surface area contributed by atoms with Gasteiger partial charge in [-0.05, 0) is 159 Å². The average Bonchev–Trinajstić information content (AvgIpc) is 3.70. The highest BCUT2D eigenvalue weighted by atomic mass is 14.5. The predicted molar refractivity (Wildman–Crippen MR) is 249 cm³/mol. The highest BCUT2D eigenvalue weighted by Gasteiger charge is 2.51. The molecule has 0 amide bonds. The Morgan fingerprint density at radius 1 is 0.305 bits per heavy atom. The summed E-state index contributed by atoms with van der Waals surface area (Å²) < 4.78 is 0. The minimum atomic E-state index is -0.545. The van der Waals surface area contributed by atoms with E-state index in [0.717, 1.165) is 0 Å². The van der Waals surface area contributed by atoms with Crippen LogP contribution in [0.5, 0.6) is 0 Å². The number of hydrogen-bond donors (Lipinski definition) is 0. The van der Waals surface area contributed by atoms with Crippen LogP contribution in [0.2, 0.25) is 0 Å². The van der Waals surface area contributed by atoms with Crippen molar-refractivity contribution in [2.75, 3.05) is 0 Å². The van der Waals surface area contributed by atoms with E-state index in [0.29, 0.717) is 0 Å². The lowest BCUT2D eigenvalue weighted by molar-refractivity contribution is 0.712. The summed E-state index contributed by atoms with van der Waals surface area (Å²) in [5.74, 6) is 0. The maximum Gasteiger partial charge on any atom is 0.0713 e. The van der Waals surface area contributed by atoms with Crippen LogP contribution >= 0.6 is 0 Å². The van der Waals surface area contributed by atoms with Crippen LogP contribution in [0.4, 0.5) is 0 Å². The number of fused-ring (bicyclic) bond motifs is 7. The van der Waals surface area contributed by atoms with E-state index in [1.54, 1.807) is 0 Å². The molecule has 2 aliphatic carbocycles. The van der Waals surface area contributed by atoms with E-state index in [4.69, 9.17) is 0 Å². The maximum atomic E-state index is 2.55. The van der Waals surface area contributed by atoms with Gasteiger partial charge in [-0.3, -0.25) is 0 Å². The third-order valence-electron chi connectivity index (χ3n) is 13.7. The molecule has 0 fully saturated rings. The van der Waals surface area contributed by atoms with E-state index >= 15 is 0 Å². The first-order valence-electron chi connectivity index (χ1n) is 21.0. The first-order valence-corrected chi connectivity index (χ1v) is 21.0. The molecule has 0 bridgehead atoms. The van der Waals surface area contributed by atoms with Gasteiger partial charge >= 0.3 is 0 Å². The summed E-state index contributed by atoms with van der Waals surface area (Å²) >= 11 is 0. The molecule has 9 aromatic carbocycles. The minimum absolute atomic E-state index is 0.496. The fourth-order valence-electron chi connectivity index (χ4n) is 10.5. The molecule has 0 aliphatic heterocycles. The third kappa shape index (κ3) is 5.22. The van der Waals surface area contributed by atoms with Gasteiger partial charge in [-0.15, -0.1) is 0 Å². The molecule has 0 saturated carbocycles. The number of aryl methyl sites for hydroxylation is 4. The number of hydrogen-bond acceptors (Lipinski definition) is 0. The predicted octanol–water partition coefficient (Wildman–Crippen LogP) is 15.1. The van der Waals surface area contributed by atoms with E-state index < -0.39 is 10.8 Å². The van der Waals surface area contributed by atoms with Gasteiger partial charge in [0.25, 0.3) is 0 Å². The Kier molecular flexibility index (Phi) is 7.88. The number of benzene rings is 9. The van der Waals surface area contributed by atoms with Gasteiger partial charge in [0.2, 0.25) is 0 Å². The highest BCUT2D eigenvalue weighted by molar-refractivity contribution is 5.98. The van der Waals surface area contributed by atoms with Gasteiger partial charge < -0.3 is 0 Å². The van der Waals surface area contributed by atoms with Gasteiger partial charge in [0.1, 0.15) is 0 Å². The van der Waals surface area contributed by atoms with Crippen LogP contribution in [-0.4, -0.2) is 0 Å². The van der Waals surface area contributed by atoms with Crippen molar-refractivity contribution >= 4 is 10.8 Å². The van der Waals surface area contributed by atoms with Crippen LogP contribution in [0.3, 0.4) is 0 Å². The van der Waals surface area contributed by atoms with Gasteiger partial charge in [-0.25, -0.2) is 0 Å². The molecule has 282 valence electrons. The van der Waals surface area contributed by atoms with Crippen molar-refractivity contribution in [3.63, 3.8) is 0 Å². The fraction of sp³-hybridized carbons (Fsp3) is 0.119. The van der Waals surface area contributed by atoms with Crippen molar-refractivity contribution in [2.45, 2.75) is 45.4 Å². The molecule has 11 rings (SSSR count). The van der Waals surface area contributed by atoms with Crippen molar-refractivity contribution in [3.05, 3.63) is 249 Å². The summed E-state index contributed by atoms with van der Waals surface area (Å²) in [4.78, 5) is 0. The van der Waals surface area contributed by atoms with Crippen LogP contribution in [0, 0.1) is 27.7 Å². The van der Waals surface area contributed by atoms with Crippen molar-refractivity contribution in [1.82, 2.24) is 0 Å². The van der Waals surface area contributed by atoms with Crippen LogP contribution in [-0.2, 0) is 10.8 Å². The molecule has 0 heterocycles. The Hall–Kier alpha value is -6.76. The van der Waals surface area contributed by atoms with E-state index in [2.05, 4.69) is 223 Å². The smallest absolute Gasteiger partial charge is 0.0619 e. The van der Waals surface area contributed by atoms with Crippen LogP contribution in [0.15, 0.2) is 188 Å². The van der Waals surface area contributed by atoms with Crippen LogP contribution in [0.1, 0.15) is 68.1 Å². The van der Waals surface area contributed by atoms with Gasteiger partial charge in [-0.2, -0.15) is 0 Å².